The normalized spacial score (nSPS) is 18.6. The molecule has 11 nitrogen and oxygen atoms in total. The van der Waals surface area contributed by atoms with Crippen molar-refractivity contribution in [1.82, 2.24) is 35.6 Å². The molecule has 1 aliphatic rings. The van der Waals surface area contributed by atoms with E-state index in [-0.39, 0.29) is 17.8 Å². The number of nitrogens with zero attached hydrogens (tertiary/aromatic N) is 6. The summed E-state index contributed by atoms with van der Waals surface area (Å²) in [5.41, 5.74) is 0.166. The lowest BCUT2D eigenvalue weighted by molar-refractivity contribution is -0.192. The van der Waals surface area contributed by atoms with Crippen LogP contribution in [0.3, 0.4) is 0 Å². The zero-order valence-electron chi connectivity index (χ0n) is 23.1. The van der Waals surface area contributed by atoms with Crippen LogP contribution in [0, 0.1) is 12.8 Å². The number of benzene rings is 1. The smallest absolute Gasteiger partial charge is 0.475 e. The SMILES string of the molecule is Cc1cc(Nc2nccc(C(F)(F)F)n2)cc(-c2cnc([C@@](C)(O)[C@H]3CC[C@H](c4nn[nH]n4)CC3)s2)c1.O=C(O)C(F)(F)F. The van der Waals surface area contributed by atoms with Crippen LogP contribution < -0.4 is 5.32 Å². The number of carboxylic acid groups (broad SMARTS) is 1. The van der Waals surface area contributed by atoms with Crippen molar-refractivity contribution in [2.75, 3.05) is 5.32 Å². The number of halogens is 6. The van der Waals surface area contributed by atoms with Gasteiger partial charge >= 0.3 is 18.3 Å². The number of carbonyl (C=O) groups is 1. The summed E-state index contributed by atoms with van der Waals surface area (Å²) in [7, 11) is 0. The van der Waals surface area contributed by atoms with E-state index in [1.54, 1.807) is 18.3 Å². The van der Waals surface area contributed by atoms with Crippen LogP contribution >= 0.6 is 11.3 Å². The standard InChI is InChI=1S/C24H25F3N8OS.C2HF3O2/c1-13-9-15(11-17(10-13)30-22-28-8-7-19(31-22)24(25,26)27)18-12-29-21(37-18)23(2,36)16-5-3-14(4-6-16)20-32-34-35-33-20;3-2(4,5)1(6)7/h7-12,14,16,36H,3-6H2,1-2H3,(H,28,30,31)(H,32,33,34,35);(H,6,7)/t14-,16-,23-;/m0./s1. The van der Waals surface area contributed by atoms with Gasteiger partial charge in [0.15, 0.2) is 5.82 Å². The van der Waals surface area contributed by atoms with E-state index in [1.165, 1.54) is 11.3 Å². The lowest BCUT2D eigenvalue weighted by Crippen LogP contribution is -2.34. The number of rotatable bonds is 6. The quantitative estimate of drug-likeness (QED) is 0.183. The average molecular weight is 645 g/mol. The third-order valence-corrected chi connectivity index (χ3v) is 8.27. The molecule has 18 heteroatoms. The third kappa shape index (κ3) is 8.04. The molecular weight excluding hydrogens is 618 g/mol. The lowest BCUT2D eigenvalue weighted by Gasteiger charge is -2.36. The van der Waals surface area contributed by atoms with Crippen molar-refractivity contribution >= 4 is 28.9 Å². The summed E-state index contributed by atoms with van der Waals surface area (Å²) in [6.07, 6.45) is -3.49. The summed E-state index contributed by atoms with van der Waals surface area (Å²) in [6.45, 7) is 3.70. The second kappa shape index (κ2) is 12.8. The molecule has 1 saturated carbocycles. The summed E-state index contributed by atoms with van der Waals surface area (Å²) in [5, 5.41) is 36.4. The summed E-state index contributed by atoms with van der Waals surface area (Å²) < 4.78 is 70.8. The molecule has 1 aromatic carbocycles. The summed E-state index contributed by atoms with van der Waals surface area (Å²) >= 11 is 1.41. The van der Waals surface area contributed by atoms with Crippen molar-refractivity contribution in [1.29, 1.82) is 0 Å². The average Bonchev–Trinajstić information content (AvgIpc) is 3.66. The topological polar surface area (TPSA) is 163 Å². The molecule has 1 fully saturated rings. The Bertz CT molecular complexity index is 1570. The Morgan fingerprint density at radius 1 is 1.07 bits per heavy atom. The van der Waals surface area contributed by atoms with Crippen LogP contribution in [0.2, 0.25) is 0 Å². The maximum Gasteiger partial charge on any atom is 0.490 e. The molecule has 4 N–H and O–H groups in total. The zero-order chi connectivity index (χ0) is 32.3. The molecule has 3 heterocycles. The van der Waals surface area contributed by atoms with E-state index >= 15 is 0 Å². The summed E-state index contributed by atoms with van der Waals surface area (Å²) in [5.74, 6) is -1.91. The van der Waals surface area contributed by atoms with Gasteiger partial charge in [-0.2, -0.15) is 31.6 Å². The fourth-order valence-electron chi connectivity index (χ4n) is 4.78. The first-order chi connectivity index (χ1) is 20.5. The number of nitrogens with one attached hydrogen (secondary N) is 2. The number of tetrazole rings is 1. The first-order valence-electron chi connectivity index (χ1n) is 13.1. The Hall–Kier alpha value is -4.19. The minimum absolute atomic E-state index is 0.0439. The van der Waals surface area contributed by atoms with Crippen molar-refractivity contribution in [3.8, 4) is 10.4 Å². The molecule has 44 heavy (non-hydrogen) atoms. The molecular formula is C26H26F6N8O3S. The highest BCUT2D eigenvalue weighted by atomic mass is 32.1. The fraction of sp³-hybridized carbons (Fsp3) is 0.423. The molecule has 0 amide bonds. The number of hydrogen-bond donors (Lipinski definition) is 4. The number of aryl methyl sites for hydroxylation is 1. The Kier molecular flexibility index (Phi) is 9.53. The van der Waals surface area contributed by atoms with Gasteiger partial charge in [0, 0.05) is 24.0 Å². The van der Waals surface area contributed by atoms with Crippen molar-refractivity contribution < 1.29 is 41.4 Å². The van der Waals surface area contributed by atoms with E-state index in [1.807, 2.05) is 19.9 Å². The highest BCUT2D eigenvalue weighted by molar-refractivity contribution is 7.15. The van der Waals surface area contributed by atoms with Gasteiger partial charge in [0.2, 0.25) is 5.95 Å². The second-order valence-electron chi connectivity index (χ2n) is 10.3. The Balaban J connectivity index is 0.000000566. The van der Waals surface area contributed by atoms with Crippen LogP contribution in [0.5, 0.6) is 0 Å². The van der Waals surface area contributed by atoms with Gasteiger partial charge in [-0.25, -0.2) is 19.7 Å². The van der Waals surface area contributed by atoms with Gasteiger partial charge in [0.05, 0.1) is 4.88 Å². The highest BCUT2D eigenvalue weighted by Crippen LogP contribution is 2.45. The molecule has 0 bridgehead atoms. The number of alkyl halides is 6. The Morgan fingerprint density at radius 2 is 1.75 bits per heavy atom. The van der Waals surface area contributed by atoms with E-state index in [4.69, 9.17) is 9.90 Å². The molecule has 0 aliphatic heterocycles. The van der Waals surface area contributed by atoms with Crippen LogP contribution in [0.4, 0.5) is 38.0 Å². The maximum atomic E-state index is 13.0. The third-order valence-electron chi connectivity index (χ3n) is 6.99. The molecule has 4 aromatic rings. The van der Waals surface area contributed by atoms with Crippen LogP contribution in [0.15, 0.2) is 36.7 Å². The molecule has 0 radical (unpaired) electrons. The molecule has 0 saturated heterocycles. The van der Waals surface area contributed by atoms with E-state index in [9.17, 15) is 31.4 Å². The van der Waals surface area contributed by atoms with Crippen LogP contribution in [-0.4, -0.2) is 57.9 Å². The second-order valence-corrected chi connectivity index (χ2v) is 11.3. The molecule has 1 atom stereocenters. The number of aromatic amines is 1. The maximum absolute atomic E-state index is 13.0. The van der Waals surface area contributed by atoms with E-state index < -0.39 is 29.6 Å². The first-order valence-corrected chi connectivity index (χ1v) is 13.9. The van der Waals surface area contributed by atoms with Gasteiger partial charge in [-0.15, -0.1) is 21.5 Å². The van der Waals surface area contributed by atoms with Gasteiger partial charge < -0.3 is 15.5 Å². The predicted octanol–water partition coefficient (Wildman–Crippen LogP) is 6.00. The van der Waals surface area contributed by atoms with Crippen molar-refractivity contribution in [3.63, 3.8) is 0 Å². The van der Waals surface area contributed by atoms with Crippen LogP contribution in [-0.2, 0) is 16.6 Å². The van der Waals surface area contributed by atoms with E-state index in [0.29, 0.717) is 16.5 Å². The number of aliphatic hydroxyl groups is 1. The lowest BCUT2D eigenvalue weighted by atomic mass is 9.74. The van der Waals surface area contributed by atoms with Crippen LogP contribution in [0.25, 0.3) is 10.4 Å². The molecule has 236 valence electrons. The van der Waals surface area contributed by atoms with Crippen molar-refractivity contribution in [2.24, 2.45) is 5.92 Å². The Morgan fingerprint density at radius 3 is 2.34 bits per heavy atom. The van der Waals surface area contributed by atoms with E-state index in [0.717, 1.165) is 54.0 Å². The van der Waals surface area contributed by atoms with E-state index in [2.05, 4.69) is 40.9 Å². The number of hydrogen-bond acceptors (Lipinski definition) is 10. The predicted molar refractivity (Wildman–Crippen MR) is 145 cm³/mol. The van der Waals surface area contributed by atoms with Gasteiger partial charge in [-0.3, -0.25) is 0 Å². The summed E-state index contributed by atoms with van der Waals surface area (Å²) in [4.78, 5) is 21.8. The summed E-state index contributed by atoms with van der Waals surface area (Å²) in [6, 6.07) is 6.39. The number of H-pyrrole nitrogens is 1. The molecule has 0 unspecified atom stereocenters. The van der Waals surface area contributed by atoms with Gasteiger partial charge in [0.1, 0.15) is 16.3 Å². The fourth-order valence-corrected chi connectivity index (χ4v) is 5.80. The van der Waals surface area contributed by atoms with Gasteiger partial charge in [-0.05, 0) is 74.8 Å². The number of aliphatic carboxylic acids is 1. The number of aromatic nitrogens is 7. The van der Waals surface area contributed by atoms with Gasteiger partial charge in [-0.1, -0.05) is 11.3 Å². The van der Waals surface area contributed by atoms with Crippen molar-refractivity contribution in [2.45, 2.75) is 63.4 Å². The number of thiazole rings is 1. The Labute approximate surface area is 249 Å². The van der Waals surface area contributed by atoms with Crippen molar-refractivity contribution in [3.05, 3.63) is 58.7 Å². The minimum Gasteiger partial charge on any atom is -0.475 e. The largest absolute Gasteiger partial charge is 0.490 e. The van der Waals surface area contributed by atoms with Gasteiger partial charge in [0.25, 0.3) is 0 Å². The molecule has 5 rings (SSSR count). The highest BCUT2D eigenvalue weighted by Gasteiger charge is 2.40. The molecule has 0 spiro atoms. The molecule has 3 aromatic heterocycles. The number of anilines is 2. The minimum atomic E-state index is -5.08. The first kappa shape index (κ1) is 32.7. The molecule has 1 aliphatic carbocycles. The zero-order valence-corrected chi connectivity index (χ0v) is 23.9. The van der Waals surface area contributed by atoms with Crippen LogP contribution in [0.1, 0.15) is 60.6 Å². The monoisotopic (exact) mass is 644 g/mol. The number of carboxylic acids is 1.